The van der Waals surface area contributed by atoms with Crippen LogP contribution < -0.4 is 5.32 Å². The van der Waals surface area contributed by atoms with Crippen LogP contribution in [-0.4, -0.2) is 43.2 Å². The molecule has 4 rings (SSSR count). The van der Waals surface area contributed by atoms with Crippen molar-refractivity contribution in [3.63, 3.8) is 0 Å². The Kier molecular flexibility index (Phi) is 4.19. The molecule has 1 saturated carbocycles. The van der Waals surface area contributed by atoms with Crippen molar-refractivity contribution < 1.29 is 19.1 Å². The molecule has 1 aliphatic carbocycles. The molecule has 0 bridgehead atoms. The lowest BCUT2D eigenvalue weighted by Gasteiger charge is -2.10. The second kappa shape index (κ2) is 6.67. The molecule has 3 aromatic rings. The van der Waals surface area contributed by atoms with E-state index in [9.17, 15) is 9.59 Å². The Morgan fingerprint density at radius 1 is 1.33 bits per heavy atom. The third kappa shape index (κ3) is 3.57. The fourth-order valence-corrected chi connectivity index (χ4v) is 2.78. The first-order chi connectivity index (χ1) is 13.0. The minimum atomic E-state index is -1.19. The number of nitrogens with one attached hydrogen (secondary N) is 2. The molecule has 0 aliphatic heterocycles. The van der Waals surface area contributed by atoms with Gasteiger partial charge in [0.25, 0.3) is 5.91 Å². The number of carbonyl (C=O) groups is 2. The van der Waals surface area contributed by atoms with E-state index in [1.807, 2.05) is 6.92 Å². The minimum absolute atomic E-state index is 0.114. The van der Waals surface area contributed by atoms with Gasteiger partial charge in [-0.1, -0.05) is 12.1 Å². The van der Waals surface area contributed by atoms with E-state index in [0.717, 1.165) is 19.0 Å². The molecule has 1 unspecified atom stereocenters. The third-order valence-corrected chi connectivity index (χ3v) is 4.47. The van der Waals surface area contributed by atoms with Gasteiger partial charge in [0.05, 0.1) is 6.20 Å². The number of aromatic carboxylic acids is 1. The molecule has 1 aromatic carbocycles. The monoisotopic (exact) mass is 367 g/mol. The van der Waals surface area contributed by atoms with E-state index in [1.165, 1.54) is 0 Å². The van der Waals surface area contributed by atoms with Crippen LogP contribution in [-0.2, 0) is 0 Å². The van der Waals surface area contributed by atoms with E-state index in [4.69, 9.17) is 9.52 Å². The highest BCUT2D eigenvalue weighted by Crippen LogP contribution is 2.32. The zero-order chi connectivity index (χ0) is 19.0. The molecule has 9 heteroatoms. The number of hydrogen-bond donors (Lipinski definition) is 3. The number of carbonyl (C=O) groups excluding carboxylic acids is 1. The number of amides is 1. The average molecular weight is 367 g/mol. The molecule has 138 valence electrons. The summed E-state index contributed by atoms with van der Waals surface area (Å²) >= 11 is 0. The number of aromatic amines is 1. The third-order valence-electron chi connectivity index (χ3n) is 4.47. The quantitative estimate of drug-likeness (QED) is 0.609. The predicted molar refractivity (Wildman–Crippen MR) is 93.9 cm³/mol. The number of H-pyrrole nitrogens is 1. The number of benzene rings is 1. The normalized spacial score (nSPS) is 14.7. The summed E-state index contributed by atoms with van der Waals surface area (Å²) in [5, 5.41) is 18.6. The van der Waals surface area contributed by atoms with Crippen LogP contribution >= 0.6 is 0 Å². The largest absolute Gasteiger partial charge is 0.475 e. The molecular weight excluding hydrogens is 350 g/mol. The number of carboxylic acid groups (broad SMARTS) is 1. The van der Waals surface area contributed by atoms with Gasteiger partial charge in [0.1, 0.15) is 0 Å². The van der Waals surface area contributed by atoms with Crippen molar-refractivity contribution in [3.8, 4) is 22.8 Å². The molecule has 1 aliphatic rings. The van der Waals surface area contributed by atoms with E-state index in [-0.39, 0.29) is 29.4 Å². The molecule has 0 radical (unpaired) electrons. The van der Waals surface area contributed by atoms with Gasteiger partial charge in [-0.3, -0.25) is 9.89 Å². The van der Waals surface area contributed by atoms with Crippen LogP contribution in [0.4, 0.5) is 0 Å². The number of carboxylic acids is 1. The smallest absolute Gasteiger partial charge is 0.373 e. The maximum atomic E-state index is 12.3. The summed E-state index contributed by atoms with van der Waals surface area (Å²) in [4.78, 5) is 31.4. The number of oxazole rings is 1. The van der Waals surface area contributed by atoms with Gasteiger partial charge in [-0.25, -0.2) is 14.8 Å². The van der Waals surface area contributed by atoms with E-state index >= 15 is 0 Å². The molecular formula is C18H17N5O4. The fourth-order valence-electron chi connectivity index (χ4n) is 2.78. The Bertz CT molecular complexity index is 1000. The maximum Gasteiger partial charge on any atom is 0.373 e. The molecule has 27 heavy (non-hydrogen) atoms. The predicted octanol–water partition coefficient (Wildman–Crippen LogP) is 2.35. The zero-order valence-electron chi connectivity index (χ0n) is 14.5. The van der Waals surface area contributed by atoms with Crippen LogP contribution in [0.25, 0.3) is 22.8 Å². The zero-order valence-corrected chi connectivity index (χ0v) is 14.5. The molecule has 2 heterocycles. The lowest BCUT2D eigenvalue weighted by Crippen LogP contribution is -2.34. The number of hydrogen-bond acceptors (Lipinski definition) is 6. The van der Waals surface area contributed by atoms with Crippen LogP contribution in [0.2, 0.25) is 0 Å². The van der Waals surface area contributed by atoms with Gasteiger partial charge in [-0.05, 0) is 37.8 Å². The van der Waals surface area contributed by atoms with Crippen molar-refractivity contribution in [1.29, 1.82) is 0 Å². The van der Waals surface area contributed by atoms with E-state index in [2.05, 4.69) is 25.5 Å². The first-order valence-corrected chi connectivity index (χ1v) is 8.54. The Morgan fingerprint density at radius 3 is 2.81 bits per heavy atom. The van der Waals surface area contributed by atoms with Gasteiger partial charge < -0.3 is 14.8 Å². The summed E-state index contributed by atoms with van der Waals surface area (Å²) in [6.45, 7) is 1.98. The summed E-state index contributed by atoms with van der Waals surface area (Å²) in [7, 11) is 0. The summed E-state index contributed by atoms with van der Waals surface area (Å²) in [5.41, 5.74) is 1.23. The van der Waals surface area contributed by atoms with Crippen LogP contribution in [0, 0.1) is 5.92 Å². The molecule has 0 spiro atoms. The molecule has 1 fully saturated rings. The van der Waals surface area contributed by atoms with Crippen LogP contribution in [0.1, 0.15) is 40.9 Å². The summed E-state index contributed by atoms with van der Waals surface area (Å²) in [6.07, 6.45) is 3.43. The molecule has 3 N–H and O–H groups in total. The second-order valence-corrected chi connectivity index (χ2v) is 6.52. The maximum absolute atomic E-state index is 12.3. The Morgan fingerprint density at radius 2 is 2.11 bits per heavy atom. The van der Waals surface area contributed by atoms with Crippen molar-refractivity contribution in [2.75, 3.05) is 0 Å². The Labute approximate surface area is 153 Å². The lowest BCUT2D eigenvalue weighted by molar-refractivity contribution is 0.0663. The van der Waals surface area contributed by atoms with E-state index in [1.54, 1.807) is 24.3 Å². The fraction of sp³-hybridized carbons (Fsp3) is 0.278. The minimum Gasteiger partial charge on any atom is -0.475 e. The van der Waals surface area contributed by atoms with E-state index in [0.29, 0.717) is 22.9 Å². The van der Waals surface area contributed by atoms with Crippen LogP contribution in [0.3, 0.4) is 0 Å². The summed E-state index contributed by atoms with van der Waals surface area (Å²) in [6, 6.07) is 7.10. The van der Waals surface area contributed by atoms with Crippen molar-refractivity contribution in [2.24, 2.45) is 5.92 Å². The molecule has 0 saturated heterocycles. The van der Waals surface area contributed by atoms with Crippen LogP contribution in [0.5, 0.6) is 0 Å². The number of aromatic nitrogens is 4. The van der Waals surface area contributed by atoms with Crippen molar-refractivity contribution >= 4 is 11.9 Å². The van der Waals surface area contributed by atoms with Gasteiger partial charge >= 0.3 is 5.97 Å². The van der Waals surface area contributed by atoms with Gasteiger partial charge in [0.2, 0.25) is 17.5 Å². The van der Waals surface area contributed by atoms with Crippen molar-refractivity contribution in [3.05, 3.63) is 42.0 Å². The van der Waals surface area contributed by atoms with E-state index < -0.39 is 5.97 Å². The Balaban J connectivity index is 1.54. The van der Waals surface area contributed by atoms with Gasteiger partial charge in [-0.15, -0.1) is 0 Å². The highest BCUT2D eigenvalue weighted by Gasteiger charge is 2.29. The lowest BCUT2D eigenvalue weighted by atomic mass is 10.1. The SMILES string of the molecule is CC(NC(=O)c1nc(-c2cccc(-c3ncc(C(=O)O)o3)c2)n[nH]1)C1CC1. The van der Waals surface area contributed by atoms with Gasteiger partial charge in [0.15, 0.2) is 5.82 Å². The molecule has 1 amide bonds. The summed E-state index contributed by atoms with van der Waals surface area (Å²) in [5.74, 6) is -0.487. The molecule has 2 aromatic heterocycles. The van der Waals surface area contributed by atoms with Gasteiger partial charge in [-0.2, -0.15) is 5.10 Å². The number of rotatable bonds is 6. The molecule has 1 atom stereocenters. The highest BCUT2D eigenvalue weighted by molar-refractivity contribution is 5.91. The summed E-state index contributed by atoms with van der Waals surface area (Å²) < 4.78 is 5.21. The van der Waals surface area contributed by atoms with Crippen molar-refractivity contribution in [2.45, 2.75) is 25.8 Å². The average Bonchev–Trinajstić information content (AvgIpc) is 3.20. The molecule has 9 nitrogen and oxygen atoms in total. The van der Waals surface area contributed by atoms with Crippen molar-refractivity contribution in [1.82, 2.24) is 25.5 Å². The standard InChI is InChI=1S/C18H17N5O4/c1-9(10-5-6-10)20-16(24)15-21-14(22-23-15)11-3-2-4-12(7-11)17-19-8-13(27-17)18(25)26/h2-4,7-10H,5-6H2,1H3,(H,20,24)(H,25,26)(H,21,22,23). The van der Waals surface area contributed by atoms with Gasteiger partial charge in [0, 0.05) is 17.2 Å². The topological polar surface area (TPSA) is 134 Å². The second-order valence-electron chi connectivity index (χ2n) is 6.52. The Hall–Kier alpha value is -3.49. The first kappa shape index (κ1) is 17.0. The highest BCUT2D eigenvalue weighted by atomic mass is 16.4. The number of nitrogens with zero attached hydrogens (tertiary/aromatic N) is 3. The first-order valence-electron chi connectivity index (χ1n) is 8.54. The van der Waals surface area contributed by atoms with Crippen LogP contribution in [0.15, 0.2) is 34.9 Å².